The van der Waals surface area contributed by atoms with Crippen LogP contribution in [-0.2, 0) is 17.6 Å². The Balaban J connectivity index is 0.935. The van der Waals surface area contributed by atoms with Crippen LogP contribution in [0.1, 0.15) is 61.9 Å². The number of aromatic nitrogens is 2. The Morgan fingerprint density at radius 2 is 1.63 bits per heavy atom. The number of hydrogen-bond donors (Lipinski definition) is 1. The smallest absolute Gasteiger partial charge is 0.311 e. The predicted molar refractivity (Wildman–Crippen MR) is 190 cm³/mol. The first-order valence-electron chi connectivity index (χ1n) is 17.3. The number of aryl methyl sites for hydroxylation is 1. The topological polar surface area (TPSA) is 118 Å². The van der Waals surface area contributed by atoms with Gasteiger partial charge in [0.05, 0.1) is 16.9 Å². The van der Waals surface area contributed by atoms with Gasteiger partial charge in [-0.05, 0) is 73.4 Å². The third-order valence-corrected chi connectivity index (χ3v) is 10.2. The molecule has 264 valence electrons. The molecule has 2 aromatic heterocycles. The standard InChI is InChI=1S/C40H35F2N5O5/c41-29-7-3-8-30(42)34(29)45-37(49)38-44-31-16-20-47(32-9-2-1-5-27(32)35(31)52-38)39(50)26-13-10-25(11-14-26)12-15-33(48)28-6-4-19-43-36(28)46-23-40(24-46)17-21-51-22-18-40/h1-11,13-14,19H,12,15-18,20-24H2,(H,45,49). The number of carbonyl (C=O) groups excluding carboxylic acids is 3. The van der Waals surface area contributed by atoms with Crippen LogP contribution < -0.4 is 15.1 Å². The van der Waals surface area contributed by atoms with E-state index in [1.54, 1.807) is 53.6 Å². The first-order valence-corrected chi connectivity index (χ1v) is 17.3. The highest BCUT2D eigenvalue weighted by molar-refractivity contribution is 6.08. The number of benzene rings is 3. The number of anilines is 3. The molecule has 0 unspecified atom stereocenters. The molecule has 2 saturated heterocycles. The van der Waals surface area contributed by atoms with Crippen LogP contribution in [0.25, 0.3) is 11.3 Å². The summed E-state index contributed by atoms with van der Waals surface area (Å²) < 4.78 is 39.7. The molecule has 3 aliphatic heterocycles. The molecule has 3 aliphatic rings. The third-order valence-electron chi connectivity index (χ3n) is 10.2. The van der Waals surface area contributed by atoms with Crippen LogP contribution in [0, 0.1) is 17.0 Å². The van der Waals surface area contributed by atoms with Crippen LogP contribution in [-0.4, -0.2) is 60.4 Å². The number of carbonyl (C=O) groups is 3. The number of oxazole rings is 1. The van der Waals surface area contributed by atoms with Gasteiger partial charge in [0.15, 0.2) is 11.5 Å². The zero-order chi connectivity index (χ0) is 35.8. The van der Waals surface area contributed by atoms with E-state index >= 15 is 0 Å². The molecule has 10 nitrogen and oxygen atoms in total. The number of ketones is 1. The first-order chi connectivity index (χ1) is 25.3. The van der Waals surface area contributed by atoms with Crippen LogP contribution >= 0.6 is 0 Å². The molecule has 3 aromatic carbocycles. The molecule has 5 heterocycles. The maximum atomic E-state index is 14.2. The van der Waals surface area contributed by atoms with Crippen LogP contribution in [0.3, 0.4) is 0 Å². The number of ether oxygens (including phenoxy) is 1. The van der Waals surface area contributed by atoms with E-state index in [4.69, 9.17) is 9.15 Å². The Hall–Kier alpha value is -5.75. The average molecular weight is 704 g/mol. The Kier molecular flexibility index (Phi) is 8.84. The van der Waals surface area contributed by atoms with E-state index in [1.807, 2.05) is 18.2 Å². The molecule has 2 amide bonds. The van der Waals surface area contributed by atoms with Crippen LogP contribution in [0.4, 0.5) is 26.0 Å². The first kappa shape index (κ1) is 33.4. The van der Waals surface area contributed by atoms with Gasteiger partial charge in [0.2, 0.25) is 0 Å². The van der Waals surface area contributed by atoms with E-state index in [1.165, 1.54) is 6.07 Å². The van der Waals surface area contributed by atoms with Crippen molar-refractivity contribution in [2.24, 2.45) is 5.41 Å². The van der Waals surface area contributed by atoms with Crippen molar-refractivity contribution < 1.29 is 32.3 Å². The Morgan fingerprint density at radius 3 is 2.40 bits per heavy atom. The number of para-hydroxylation sites is 2. The summed E-state index contributed by atoms with van der Waals surface area (Å²) in [6.07, 6.45) is 4.90. The van der Waals surface area contributed by atoms with Crippen molar-refractivity contribution in [3.63, 3.8) is 0 Å². The summed E-state index contributed by atoms with van der Waals surface area (Å²) in [6, 6.07) is 21.3. The Labute approximate surface area is 298 Å². The second kappa shape index (κ2) is 13.8. The van der Waals surface area contributed by atoms with Gasteiger partial charge in [0.1, 0.15) is 23.1 Å². The van der Waals surface area contributed by atoms with Crippen molar-refractivity contribution in [1.82, 2.24) is 9.97 Å². The zero-order valence-corrected chi connectivity index (χ0v) is 28.2. The number of Topliss-reactive ketones (excluding diaryl/α,β-unsaturated/α-hetero) is 1. The van der Waals surface area contributed by atoms with E-state index < -0.39 is 23.2 Å². The zero-order valence-electron chi connectivity index (χ0n) is 28.2. The molecule has 5 aromatic rings. The van der Waals surface area contributed by atoms with Crippen molar-refractivity contribution in [2.75, 3.05) is 48.0 Å². The second-order valence-corrected chi connectivity index (χ2v) is 13.5. The van der Waals surface area contributed by atoms with Gasteiger partial charge >= 0.3 is 5.91 Å². The van der Waals surface area contributed by atoms with Crippen LogP contribution in [0.15, 0.2) is 89.5 Å². The molecule has 0 saturated carbocycles. The monoisotopic (exact) mass is 703 g/mol. The number of fused-ring (bicyclic) bond motifs is 3. The van der Waals surface area contributed by atoms with Gasteiger partial charge in [-0.15, -0.1) is 0 Å². The lowest BCUT2D eigenvalue weighted by molar-refractivity contribution is -0.000515. The van der Waals surface area contributed by atoms with Crippen LogP contribution in [0.2, 0.25) is 0 Å². The highest BCUT2D eigenvalue weighted by atomic mass is 19.1. The molecule has 52 heavy (non-hydrogen) atoms. The van der Waals surface area contributed by atoms with Crippen LogP contribution in [0.5, 0.6) is 0 Å². The minimum absolute atomic E-state index is 0.0304. The van der Waals surface area contributed by atoms with Crippen molar-refractivity contribution in [2.45, 2.75) is 32.1 Å². The lowest BCUT2D eigenvalue weighted by Gasteiger charge is -2.53. The summed E-state index contributed by atoms with van der Waals surface area (Å²) in [5, 5.41) is 2.21. The molecule has 8 rings (SSSR count). The highest BCUT2D eigenvalue weighted by Gasteiger charge is 2.45. The number of nitrogens with one attached hydrogen (secondary N) is 1. The number of amides is 2. The fourth-order valence-electron chi connectivity index (χ4n) is 7.33. The van der Waals surface area contributed by atoms with Gasteiger partial charge in [0, 0.05) is 68.4 Å². The number of rotatable bonds is 8. The fourth-order valence-corrected chi connectivity index (χ4v) is 7.33. The van der Waals surface area contributed by atoms with Crippen molar-refractivity contribution in [3.8, 4) is 11.3 Å². The Morgan fingerprint density at radius 1 is 0.885 bits per heavy atom. The summed E-state index contributed by atoms with van der Waals surface area (Å²) >= 11 is 0. The van der Waals surface area contributed by atoms with Crippen molar-refractivity contribution in [1.29, 1.82) is 0 Å². The molecule has 1 N–H and O–H groups in total. The molecular formula is C40H35F2N5O5. The number of nitrogens with zero attached hydrogens (tertiary/aromatic N) is 4. The molecule has 0 bridgehead atoms. The third kappa shape index (κ3) is 6.34. The molecule has 12 heteroatoms. The molecule has 0 aliphatic carbocycles. The van der Waals surface area contributed by atoms with Gasteiger partial charge in [-0.2, -0.15) is 0 Å². The van der Waals surface area contributed by atoms with Crippen molar-refractivity contribution >= 4 is 34.8 Å². The molecule has 0 atom stereocenters. The number of hydrogen-bond acceptors (Lipinski definition) is 8. The largest absolute Gasteiger partial charge is 0.432 e. The van der Waals surface area contributed by atoms with Gasteiger partial charge < -0.3 is 24.3 Å². The van der Waals surface area contributed by atoms with Gasteiger partial charge in [-0.3, -0.25) is 14.4 Å². The van der Waals surface area contributed by atoms with Gasteiger partial charge in [-0.1, -0.05) is 30.3 Å². The minimum atomic E-state index is -0.924. The van der Waals surface area contributed by atoms with E-state index in [9.17, 15) is 23.2 Å². The summed E-state index contributed by atoms with van der Waals surface area (Å²) in [4.78, 5) is 53.0. The maximum absolute atomic E-state index is 14.2. The normalized spacial score (nSPS) is 16.0. The summed E-state index contributed by atoms with van der Waals surface area (Å²) in [5.41, 5.74) is 3.27. The lowest BCUT2D eigenvalue weighted by Crippen LogP contribution is -2.59. The molecular weight excluding hydrogens is 668 g/mol. The van der Waals surface area contributed by atoms with E-state index in [-0.39, 0.29) is 36.0 Å². The number of halogens is 2. The second-order valence-electron chi connectivity index (χ2n) is 13.5. The summed E-state index contributed by atoms with van der Waals surface area (Å²) in [7, 11) is 0. The Bertz CT molecular complexity index is 2150. The maximum Gasteiger partial charge on any atom is 0.311 e. The summed E-state index contributed by atoms with van der Waals surface area (Å²) in [5.74, 6) is -2.24. The predicted octanol–water partition coefficient (Wildman–Crippen LogP) is 6.90. The molecule has 2 fully saturated rings. The van der Waals surface area contributed by atoms with Gasteiger partial charge in [-0.25, -0.2) is 18.7 Å². The number of pyridine rings is 1. The minimum Gasteiger partial charge on any atom is -0.432 e. The molecule has 1 spiro atoms. The van der Waals surface area contributed by atoms with Crippen molar-refractivity contribution in [3.05, 3.63) is 125 Å². The van der Waals surface area contributed by atoms with E-state index in [2.05, 4.69) is 20.2 Å². The SMILES string of the molecule is O=C(Nc1c(F)cccc1F)c1nc2c(o1)-c1ccccc1N(C(=O)c1ccc(CCC(=O)c3cccnc3N3CC4(CCOCC4)C3)cc1)CC2. The van der Waals surface area contributed by atoms with Gasteiger partial charge in [0.25, 0.3) is 11.8 Å². The lowest BCUT2D eigenvalue weighted by atomic mass is 9.73. The average Bonchev–Trinajstić information content (AvgIpc) is 3.53. The fraction of sp³-hybridized carbons (Fsp3) is 0.275. The van der Waals surface area contributed by atoms with E-state index in [0.717, 1.165) is 62.7 Å². The summed E-state index contributed by atoms with van der Waals surface area (Å²) in [6.45, 7) is 3.60. The quantitative estimate of drug-likeness (QED) is 0.174. The molecule has 0 radical (unpaired) electrons. The van der Waals surface area contributed by atoms with E-state index in [0.29, 0.717) is 46.7 Å². The highest BCUT2D eigenvalue weighted by Crippen LogP contribution is 2.42.